The molecule has 2 atom stereocenters. The van der Waals surface area contributed by atoms with Crippen LogP contribution < -0.4 is 11.2 Å². The third-order valence-electron chi connectivity index (χ3n) is 3.44. The smallest absolute Gasteiger partial charge is 0.332 e. The summed E-state index contributed by atoms with van der Waals surface area (Å²) in [5.41, 5.74) is 8.31. The highest BCUT2D eigenvalue weighted by atomic mass is 16.3. The second kappa shape index (κ2) is 4.75. The van der Waals surface area contributed by atoms with E-state index in [1.165, 1.54) is 0 Å². The largest absolute Gasteiger partial charge is 0.506 e. The van der Waals surface area contributed by atoms with E-state index >= 15 is 0 Å². The van der Waals surface area contributed by atoms with Crippen molar-refractivity contribution in [3.05, 3.63) is 11.3 Å². The molecule has 2 rings (SSSR count). The van der Waals surface area contributed by atoms with Crippen LogP contribution in [0, 0.1) is 5.92 Å². The fourth-order valence-electron chi connectivity index (χ4n) is 2.61. The number of hydrazone groups is 1. The van der Waals surface area contributed by atoms with Gasteiger partial charge in [0.15, 0.2) is 0 Å². The molecule has 2 unspecified atom stereocenters. The van der Waals surface area contributed by atoms with E-state index in [4.69, 9.17) is 5.73 Å². The van der Waals surface area contributed by atoms with Gasteiger partial charge in [-0.15, -0.1) is 0 Å². The van der Waals surface area contributed by atoms with Crippen molar-refractivity contribution in [3.8, 4) is 0 Å². The fraction of sp³-hybridized carbons (Fsp3) is 0.636. The molecule has 17 heavy (non-hydrogen) atoms. The summed E-state index contributed by atoms with van der Waals surface area (Å²) in [5.74, 6) is 0.154. The summed E-state index contributed by atoms with van der Waals surface area (Å²) in [5, 5.41) is 23.5. The van der Waals surface area contributed by atoms with Crippen LogP contribution in [0.15, 0.2) is 16.4 Å². The molecule has 94 valence electrons. The van der Waals surface area contributed by atoms with Crippen molar-refractivity contribution in [2.75, 3.05) is 0 Å². The van der Waals surface area contributed by atoms with Crippen LogP contribution in [0.1, 0.15) is 32.1 Å². The number of hydrogen-bond acceptors (Lipinski definition) is 4. The Bertz CT molecular complexity index is 389. The molecule has 6 heteroatoms. The molecular formula is C11H17N3O3. The number of urea groups is 1. The topological polar surface area (TPSA) is 108 Å². The lowest BCUT2D eigenvalue weighted by atomic mass is 9.94. The Morgan fingerprint density at radius 3 is 2.76 bits per heavy atom. The van der Waals surface area contributed by atoms with Crippen molar-refractivity contribution < 1.29 is 15.0 Å². The first-order chi connectivity index (χ1) is 8.09. The van der Waals surface area contributed by atoms with Gasteiger partial charge in [0.05, 0.1) is 6.10 Å². The Balaban J connectivity index is 2.13. The molecule has 0 aliphatic heterocycles. The van der Waals surface area contributed by atoms with E-state index in [0.717, 1.165) is 24.8 Å². The number of nitrogens with two attached hydrogens (primary N) is 1. The van der Waals surface area contributed by atoms with Crippen molar-refractivity contribution in [2.24, 2.45) is 16.8 Å². The minimum atomic E-state index is -0.750. The molecule has 0 heterocycles. The number of rotatable bonds is 2. The molecular weight excluding hydrogens is 222 g/mol. The standard InChI is InChI=1S/C11H17N3O3/c12-11(17)14-13-8-5-4-7(10(8)16)6-2-1-3-9(6)15/h6,9,15-16H,1-5H2,(H3,12,14,17)/b13-8+. The maximum Gasteiger partial charge on any atom is 0.332 e. The normalized spacial score (nSPS) is 31.2. The summed E-state index contributed by atoms with van der Waals surface area (Å²) in [7, 11) is 0. The van der Waals surface area contributed by atoms with Gasteiger partial charge in [-0.1, -0.05) is 6.42 Å². The maximum absolute atomic E-state index is 10.5. The van der Waals surface area contributed by atoms with Crippen molar-refractivity contribution in [2.45, 2.75) is 38.2 Å². The number of nitrogens with one attached hydrogen (secondary N) is 1. The second-order valence-corrected chi connectivity index (χ2v) is 4.51. The Kier molecular flexibility index (Phi) is 3.33. The number of aliphatic hydroxyl groups is 2. The van der Waals surface area contributed by atoms with Gasteiger partial charge in [-0.05, 0) is 31.3 Å². The highest BCUT2D eigenvalue weighted by Crippen LogP contribution is 2.38. The van der Waals surface area contributed by atoms with Crippen LogP contribution in [-0.4, -0.2) is 28.1 Å². The first kappa shape index (κ1) is 11.9. The van der Waals surface area contributed by atoms with Crippen molar-refractivity contribution in [3.63, 3.8) is 0 Å². The average molecular weight is 239 g/mol. The molecule has 0 radical (unpaired) electrons. The van der Waals surface area contributed by atoms with Gasteiger partial charge in [-0.2, -0.15) is 5.10 Å². The van der Waals surface area contributed by atoms with E-state index in [1.54, 1.807) is 0 Å². The zero-order chi connectivity index (χ0) is 12.4. The van der Waals surface area contributed by atoms with Gasteiger partial charge in [0.1, 0.15) is 11.5 Å². The third-order valence-corrected chi connectivity index (χ3v) is 3.44. The van der Waals surface area contributed by atoms with Crippen LogP contribution >= 0.6 is 0 Å². The lowest BCUT2D eigenvalue weighted by Gasteiger charge is -2.15. The number of allylic oxidation sites excluding steroid dienone is 1. The summed E-state index contributed by atoms with van der Waals surface area (Å²) in [4.78, 5) is 10.5. The number of carbonyl (C=O) groups is 1. The monoisotopic (exact) mass is 239 g/mol. The summed E-state index contributed by atoms with van der Waals surface area (Å²) in [6.45, 7) is 0. The van der Waals surface area contributed by atoms with Crippen LogP contribution in [0.5, 0.6) is 0 Å². The summed E-state index contributed by atoms with van der Waals surface area (Å²) >= 11 is 0. The summed E-state index contributed by atoms with van der Waals surface area (Å²) < 4.78 is 0. The first-order valence-electron chi connectivity index (χ1n) is 5.82. The van der Waals surface area contributed by atoms with Gasteiger partial charge in [0.2, 0.25) is 0 Å². The molecule has 2 aliphatic rings. The van der Waals surface area contributed by atoms with E-state index in [-0.39, 0.29) is 17.8 Å². The van der Waals surface area contributed by atoms with Crippen molar-refractivity contribution in [1.29, 1.82) is 0 Å². The van der Waals surface area contributed by atoms with Crippen LogP contribution in [0.2, 0.25) is 0 Å². The highest BCUT2D eigenvalue weighted by Gasteiger charge is 2.34. The van der Waals surface area contributed by atoms with Gasteiger partial charge < -0.3 is 15.9 Å². The number of nitrogens with zero attached hydrogens (tertiary/aromatic N) is 1. The van der Waals surface area contributed by atoms with Crippen LogP contribution in [0.3, 0.4) is 0 Å². The lowest BCUT2D eigenvalue weighted by Crippen LogP contribution is -2.25. The lowest BCUT2D eigenvalue weighted by molar-refractivity contribution is 0.145. The molecule has 0 saturated heterocycles. The Morgan fingerprint density at radius 1 is 1.41 bits per heavy atom. The maximum atomic E-state index is 10.5. The SMILES string of the molecule is NC(=O)N/N=C1\CCC(C2CCCC2O)=C1O. The van der Waals surface area contributed by atoms with Gasteiger partial charge in [0, 0.05) is 5.92 Å². The zero-order valence-electron chi connectivity index (χ0n) is 9.52. The van der Waals surface area contributed by atoms with Gasteiger partial charge in [-0.3, -0.25) is 0 Å². The minimum absolute atomic E-state index is 0.0382. The van der Waals surface area contributed by atoms with Gasteiger partial charge >= 0.3 is 6.03 Å². The predicted octanol–water partition coefficient (Wildman–Crippen LogP) is 0.778. The fourth-order valence-corrected chi connectivity index (χ4v) is 2.61. The first-order valence-corrected chi connectivity index (χ1v) is 5.82. The summed E-state index contributed by atoms with van der Waals surface area (Å²) in [6, 6.07) is -0.750. The molecule has 0 spiro atoms. The minimum Gasteiger partial charge on any atom is -0.506 e. The average Bonchev–Trinajstić information content (AvgIpc) is 2.82. The number of aliphatic hydroxyl groups excluding tert-OH is 2. The molecule has 0 bridgehead atoms. The number of hydrogen-bond donors (Lipinski definition) is 4. The molecule has 0 aromatic carbocycles. The Labute approximate surface area is 99.2 Å². The molecule has 0 aromatic heterocycles. The van der Waals surface area contributed by atoms with E-state index in [0.29, 0.717) is 18.6 Å². The van der Waals surface area contributed by atoms with E-state index in [1.807, 2.05) is 0 Å². The number of primary amides is 1. The predicted molar refractivity (Wildman–Crippen MR) is 62.4 cm³/mol. The van der Waals surface area contributed by atoms with E-state index in [2.05, 4.69) is 10.5 Å². The summed E-state index contributed by atoms with van der Waals surface area (Å²) in [6.07, 6.45) is 3.56. The second-order valence-electron chi connectivity index (χ2n) is 4.51. The number of amides is 2. The molecule has 0 aromatic rings. The zero-order valence-corrected chi connectivity index (χ0v) is 9.52. The third kappa shape index (κ3) is 2.41. The Morgan fingerprint density at radius 2 is 2.18 bits per heavy atom. The molecule has 6 nitrogen and oxygen atoms in total. The van der Waals surface area contributed by atoms with Gasteiger partial charge in [0.25, 0.3) is 0 Å². The molecule has 2 aliphatic carbocycles. The number of carbonyl (C=O) groups excluding carboxylic acids is 1. The van der Waals surface area contributed by atoms with Crippen LogP contribution in [0.25, 0.3) is 0 Å². The molecule has 1 saturated carbocycles. The quantitative estimate of drug-likeness (QED) is 0.534. The molecule has 1 fully saturated rings. The van der Waals surface area contributed by atoms with Gasteiger partial charge in [-0.25, -0.2) is 10.2 Å². The highest BCUT2D eigenvalue weighted by molar-refractivity contribution is 6.01. The van der Waals surface area contributed by atoms with Crippen molar-refractivity contribution in [1.82, 2.24) is 5.43 Å². The molecule has 5 N–H and O–H groups in total. The van der Waals surface area contributed by atoms with Crippen LogP contribution in [0.4, 0.5) is 4.79 Å². The van der Waals surface area contributed by atoms with E-state index in [9.17, 15) is 15.0 Å². The Hall–Kier alpha value is -1.56. The molecule has 2 amide bonds. The van der Waals surface area contributed by atoms with E-state index < -0.39 is 6.03 Å². The van der Waals surface area contributed by atoms with Crippen LogP contribution in [-0.2, 0) is 0 Å². The van der Waals surface area contributed by atoms with Crippen molar-refractivity contribution >= 4 is 11.7 Å².